The zero-order chi connectivity index (χ0) is 20.5. The lowest BCUT2D eigenvalue weighted by molar-refractivity contribution is -0.128. The third-order valence-electron chi connectivity index (χ3n) is 4.37. The van der Waals surface area contributed by atoms with Gasteiger partial charge in [0.1, 0.15) is 5.78 Å². The molecule has 0 aliphatic heterocycles. The number of ketones is 1. The fourth-order valence-corrected chi connectivity index (χ4v) is 3.74. The van der Waals surface area contributed by atoms with Crippen molar-refractivity contribution in [3.63, 3.8) is 0 Å². The van der Waals surface area contributed by atoms with Gasteiger partial charge in [0.15, 0.2) is 6.10 Å². The maximum absolute atomic E-state index is 12.4. The molecular formula is C20H26N2O5S. The second kappa shape index (κ2) is 10.8. The molecule has 1 atom stereocenters. The van der Waals surface area contributed by atoms with Crippen LogP contribution in [0.3, 0.4) is 0 Å². The Balaban J connectivity index is 1.88. The van der Waals surface area contributed by atoms with Crippen LogP contribution in [0.4, 0.5) is 4.79 Å². The number of imide groups is 1. The van der Waals surface area contributed by atoms with E-state index in [0.717, 1.165) is 32.1 Å². The Labute approximate surface area is 169 Å². The molecule has 0 saturated heterocycles. The minimum absolute atomic E-state index is 0.00936. The van der Waals surface area contributed by atoms with Gasteiger partial charge in [-0.25, -0.2) is 9.59 Å². The maximum Gasteiger partial charge on any atom is 0.340 e. The smallest absolute Gasteiger partial charge is 0.340 e. The Bertz CT molecular complexity index is 731. The highest BCUT2D eigenvalue weighted by Gasteiger charge is 2.23. The van der Waals surface area contributed by atoms with Crippen molar-refractivity contribution in [2.24, 2.45) is 0 Å². The topological polar surface area (TPSA) is 102 Å². The van der Waals surface area contributed by atoms with Gasteiger partial charge in [-0.2, -0.15) is 0 Å². The van der Waals surface area contributed by atoms with Gasteiger partial charge >= 0.3 is 12.0 Å². The Morgan fingerprint density at radius 2 is 1.82 bits per heavy atom. The molecule has 152 valence electrons. The molecule has 0 bridgehead atoms. The van der Waals surface area contributed by atoms with Gasteiger partial charge in [0.25, 0.3) is 5.91 Å². The molecule has 0 heterocycles. The van der Waals surface area contributed by atoms with E-state index in [-0.39, 0.29) is 23.1 Å². The summed E-state index contributed by atoms with van der Waals surface area (Å²) in [5.41, 5.74) is 0.278. The second-order valence-corrected chi connectivity index (χ2v) is 7.85. The van der Waals surface area contributed by atoms with Crippen LogP contribution in [0.15, 0.2) is 29.2 Å². The Morgan fingerprint density at radius 3 is 2.50 bits per heavy atom. The first-order valence-corrected chi connectivity index (χ1v) is 10.4. The fourth-order valence-electron chi connectivity index (χ4n) is 2.90. The predicted octanol–water partition coefficient (Wildman–Crippen LogP) is 3.07. The number of hydrogen-bond acceptors (Lipinski definition) is 6. The lowest BCUT2D eigenvalue weighted by Crippen LogP contribution is -2.48. The second-order valence-electron chi connectivity index (χ2n) is 6.83. The van der Waals surface area contributed by atoms with Gasteiger partial charge in [-0.05, 0) is 38.8 Å². The van der Waals surface area contributed by atoms with Crippen LogP contribution in [-0.4, -0.2) is 41.6 Å². The minimum Gasteiger partial charge on any atom is -0.449 e. The number of nitrogens with one attached hydrogen (secondary N) is 2. The molecule has 1 saturated carbocycles. The third kappa shape index (κ3) is 6.99. The Kier molecular flexibility index (Phi) is 8.50. The fraction of sp³-hybridized carbons (Fsp3) is 0.500. The van der Waals surface area contributed by atoms with E-state index in [1.165, 1.54) is 25.6 Å². The lowest BCUT2D eigenvalue weighted by atomic mass is 9.96. The molecule has 1 aliphatic carbocycles. The quantitative estimate of drug-likeness (QED) is 0.533. The summed E-state index contributed by atoms with van der Waals surface area (Å²) in [5, 5.41) is 5.00. The minimum atomic E-state index is -1.13. The predicted molar refractivity (Wildman–Crippen MR) is 106 cm³/mol. The van der Waals surface area contributed by atoms with Crippen molar-refractivity contribution < 1.29 is 23.9 Å². The van der Waals surface area contributed by atoms with Crippen LogP contribution in [0.1, 0.15) is 56.3 Å². The number of carbonyl (C=O) groups excluding carboxylic acids is 4. The number of esters is 1. The molecule has 0 spiro atoms. The van der Waals surface area contributed by atoms with Crippen LogP contribution in [0.25, 0.3) is 0 Å². The Hall–Kier alpha value is -2.35. The van der Waals surface area contributed by atoms with Crippen molar-refractivity contribution in [3.8, 4) is 0 Å². The van der Waals surface area contributed by atoms with Crippen molar-refractivity contribution in [2.45, 2.75) is 63.0 Å². The summed E-state index contributed by atoms with van der Waals surface area (Å²) in [5.74, 6) is -1.13. The van der Waals surface area contributed by atoms with Crippen LogP contribution in [-0.2, 0) is 14.3 Å². The summed E-state index contributed by atoms with van der Waals surface area (Å²) in [6.45, 7) is 2.88. The number of rotatable bonds is 7. The summed E-state index contributed by atoms with van der Waals surface area (Å²) in [6.07, 6.45) is 3.97. The summed E-state index contributed by atoms with van der Waals surface area (Å²) < 4.78 is 5.21. The average Bonchev–Trinajstić information content (AvgIpc) is 2.67. The van der Waals surface area contributed by atoms with E-state index < -0.39 is 24.0 Å². The van der Waals surface area contributed by atoms with E-state index in [9.17, 15) is 19.2 Å². The molecule has 0 aromatic heterocycles. The molecule has 1 aliphatic rings. The summed E-state index contributed by atoms with van der Waals surface area (Å²) in [7, 11) is 0. The first kappa shape index (κ1) is 21.9. The molecule has 28 heavy (non-hydrogen) atoms. The Morgan fingerprint density at radius 1 is 1.14 bits per heavy atom. The van der Waals surface area contributed by atoms with E-state index in [4.69, 9.17) is 4.74 Å². The maximum atomic E-state index is 12.4. The lowest BCUT2D eigenvalue weighted by Gasteiger charge is -2.23. The molecule has 2 N–H and O–H groups in total. The molecule has 1 aromatic rings. The third-order valence-corrected chi connectivity index (χ3v) is 5.59. The highest BCUT2D eigenvalue weighted by molar-refractivity contribution is 8.00. The van der Waals surface area contributed by atoms with Gasteiger partial charge in [-0.3, -0.25) is 14.9 Å². The van der Waals surface area contributed by atoms with Gasteiger partial charge < -0.3 is 10.1 Å². The standard InChI is InChI=1S/C20H26N2O5S/c1-13(23)12-28-17-11-7-6-10-16(17)19(25)27-14(2)18(24)22-20(26)21-15-8-4-3-5-9-15/h6-7,10-11,14-15H,3-5,8-9,12H2,1-2H3,(H2,21,22,24,26)/t14-/m1/s1. The molecule has 2 rings (SSSR count). The highest BCUT2D eigenvalue weighted by Crippen LogP contribution is 2.23. The summed E-state index contributed by atoms with van der Waals surface area (Å²) >= 11 is 1.23. The number of benzene rings is 1. The van der Waals surface area contributed by atoms with Crippen molar-refractivity contribution in [2.75, 3.05) is 5.75 Å². The molecule has 1 aromatic carbocycles. The molecule has 8 heteroatoms. The molecular weight excluding hydrogens is 380 g/mol. The normalized spacial score (nSPS) is 15.4. The first-order chi connectivity index (χ1) is 13.4. The van der Waals surface area contributed by atoms with Gasteiger partial charge in [-0.15, -0.1) is 11.8 Å². The first-order valence-electron chi connectivity index (χ1n) is 9.40. The van der Waals surface area contributed by atoms with Gasteiger partial charge in [0, 0.05) is 10.9 Å². The van der Waals surface area contributed by atoms with Crippen molar-refractivity contribution in [1.82, 2.24) is 10.6 Å². The van der Waals surface area contributed by atoms with E-state index in [1.54, 1.807) is 24.3 Å². The highest BCUT2D eigenvalue weighted by atomic mass is 32.2. The van der Waals surface area contributed by atoms with Gasteiger partial charge in [-0.1, -0.05) is 31.4 Å². The van der Waals surface area contributed by atoms with E-state index >= 15 is 0 Å². The van der Waals surface area contributed by atoms with E-state index in [0.29, 0.717) is 4.90 Å². The number of hydrogen-bond donors (Lipinski definition) is 2. The summed E-state index contributed by atoms with van der Waals surface area (Å²) in [6, 6.07) is 6.22. The number of urea groups is 1. The molecule has 0 radical (unpaired) electrons. The zero-order valence-corrected chi connectivity index (χ0v) is 17.0. The monoisotopic (exact) mass is 406 g/mol. The molecule has 0 unspecified atom stereocenters. The molecule has 1 fully saturated rings. The van der Waals surface area contributed by atoms with Gasteiger partial charge in [0.2, 0.25) is 0 Å². The van der Waals surface area contributed by atoms with Crippen molar-refractivity contribution >= 4 is 35.5 Å². The number of thioether (sulfide) groups is 1. The average molecular weight is 407 g/mol. The van der Waals surface area contributed by atoms with Gasteiger partial charge in [0.05, 0.1) is 11.3 Å². The SMILES string of the molecule is CC(=O)CSc1ccccc1C(=O)O[C@H](C)C(=O)NC(=O)NC1CCCCC1. The van der Waals surface area contributed by atoms with E-state index in [1.807, 2.05) is 0 Å². The molecule has 7 nitrogen and oxygen atoms in total. The summed E-state index contributed by atoms with van der Waals surface area (Å²) in [4.78, 5) is 48.3. The van der Waals surface area contributed by atoms with Crippen LogP contribution < -0.4 is 10.6 Å². The zero-order valence-electron chi connectivity index (χ0n) is 16.2. The van der Waals surface area contributed by atoms with Crippen LogP contribution in [0, 0.1) is 0 Å². The van der Waals surface area contributed by atoms with Crippen molar-refractivity contribution in [3.05, 3.63) is 29.8 Å². The largest absolute Gasteiger partial charge is 0.449 e. The van der Waals surface area contributed by atoms with Crippen LogP contribution in [0.5, 0.6) is 0 Å². The molecule has 3 amide bonds. The van der Waals surface area contributed by atoms with E-state index in [2.05, 4.69) is 10.6 Å². The van der Waals surface area contributed by atoms with Crippen LogP contribution >= 0.6 is 11.8 Å². The number of Topliss-reactive ketones (excluding diaryl/α,β-unsaturated/α-hetero) is 1. The van der Waals surface area contributed by atoms with Crippen LogP contribution in [0.2, 0.25) is 0 Å². The van der Waals surface area contributed by atoms with Crippen molar-refractivity contribution in [1.29, 1.82) is 0 Å². The number of ether oxygens (including phenoxy) is 1. The number of carbonyl (C=O) groups is 4. The number of amides is 3.